The zero-order valence-corrected chi connectivity index (χ0v) is 7.09. The Morgan fingerprint density at radius 3 is 2.64 bits per heavy atom. The molecule has 2 atom stereocenters. The van der Waals surface area contributed by atoms with Gasteiger partial charge in [0.05, 0.1) is 12.0 Å². The first-order valence-corrected chi connectivity index (χ1v) is 3.94. The molecule has 2 unspecified atom stereocenters. The molecule has 1 rings (SSSR count). The largest absolute Gasteiger partial charge is 0.378 e. The van der Waals surface area contributed by atoms with Crippen LogP contribution in [0.5, 0.6) is 0 Å². The van der Waals surface area contributed by atoms with Gasteiger partial charge in [0, 0.05) is 6.61 Å². The molecule has 62 valence electrons. The Labute approximate surface area is 67.2 Å². The minimum Gasteiger partial charge on any atom is -0.378 e. The minimum absolute atomic E-state index is 0.0625. The maximum Gasteiger partial charge on any atom is 0.163 e. The molecule has 0 spiro atoms. The first-order valence-electron chi connectivity index (χ1n) is 3.94. The molecule has 1 heterocycles. The summed E-state index contributed by atoms with van der Waals surface area (Å²) in [7, 11) is 0. The fourth-order valence-electron chi connectivity index (χ4n) is 1.39. The summed E-state index contributed by atoms with van der Waals surface area (Å²) in [5, 5.41) is 0. The summed E-state index contributed by atoms with van der Waals surface area (Å²) in [6, 6.07) is 0. The molecule has 0 amide bonds. The molecule has 0 aromatic heterocycles. The van der Waals surface area contributed by atoms with E-state index in [1.54, 1.807) is 6.92 Å². The van der Waals surface area contributed by atoms with Gasteiger partial charge in [0.2, 0.25) is 0 Å². The lowest BCUT2D eigenvalue weighted by molar-refractivity contribution is -0.120. The lowest BCUT2D eigenvalue weighted by atomic mass is 9.94. The van der Waals surface area contributed by atoms with Gasteiger partial charge >= 0.3 is 0 Å². The van der Waals surface area contributed by atoms with Gasteiger partial charge < -0.3 is 4.74 Å². The number of rotatable bonds is 2. The van der Waals surface area contributed by atoms with Crippen molar-refractivity contribution < 1.29 is 9.53 Å². The van der Waals surface area contributed by atoms with Crippen molar-refractivity contribution in [1.29, 1.82) is 0 Å². The van der Waals surface area contributed by atoms with Gasteiger partial charge in [-0.15, -0.1) is 0 Å². The third-order valence-electron chi connectivity index (χ3n) is 2.13. The summed E-state index contributed by atoms with van der Waals surface area (Å²) < 4.78 is 5.27. The second-order valence-corrected chi connectivity index (χ2v) is 3.12. The number of carbonyl (C=O) groups is 1. The molecule has 0 aliphatic carbocycles. The monoisotopic (exact) mass is 154 g/mol. The Morgan fingerprint density at radius 1 is 1.64 bits per heavy atom. The minimum atomic E-state index is 0.0625. The summed E-state index contributed by atoms with van der Waals surface area (Å²) in [5.74, 6) is 0.225. The molecule has 0 bridgehead atoms. The van der Waals surface area contributed by atoms with Crippen LogP contribution >= 0.6 is 0 Å². The average Bonchev–Trinajstić information content (AvgIpc) is 2.33. The highest BCUT2D eigenvalue weighted by molar-refractivity contribution is 5.96. The van der Waals surface area contributed by atoms with Crippen LogP contribution in [0, 0.1) is 5.92 Å². The number of allylic oxidation sites excluding steroid dienone is 1. The number of carbonyl (C=O) groups excluding carboxylic acids is 1. The molecule has 11 heavy (non-hydrogen) atoms. The van der Waals surface area contributed by atoms with Gasteiger partial charge in [-0.3, -0.25) is 4.79 Å². The van der Waals surface area contributed by atoms with E-state index >= 15 is 0 Å². The van der Waals surface area contributed by atoms with Crippen molar-refractivity contribution in [3.63, 3.8) is 0 Å². The molecule has 0 aromatic carbocycles. The predicted molar refractivity (Wildman–Crippen MR) is 43.3 cm³/mol. The van der Waals surface area contributed by atoms with Crippen LogP contribution in [0.4, 0.5) is 0 Å². The Morgan fingerprint density at radius 2 is 2.27 bits per heavy atom. The van der Waals surface area contributed by atoms with E-state index in [9.17, 15) is 4.79 Å². The Bertz CT molecular complexity index is 184. The molecule has 1 aliphatic heterocycles. The van der Waals surface area contributed by atoms with Gasteiger partial charge in [0.25, 0.3) is 0 Å². The van der Waals surface area contributed by atoms with Crippen LogP contribution in [-0.4, -0.2) is 18.5 Å². The van der Waals surface area contributed by atoms with Crippen molar-refractivity contribution in [3.8, 4) is 0 Å². The maximum absolute atomic E-state index is 11.4. The summed E-state index contributed by atoms with van der Waals surface area (Å²) in [6.07, 6.45) is 0.937. The summed E-state index contributed by atoms with van der Waals surface area (Å²) in [4.78, 5) is 11.4. The highest BCUT2D eigenvalue weighted by atomic mass is 16.5. The molecule has 1 aliphatic rings. The molecule has 2 heteroatoms. The second kappa shape index (κ2) is 3.18. The quantitative estimate of drug-likeness (QED) is 0.564. The van der Waals surface area contributed by atoms with E-state index in [1.807, 2.05) is 6.92 Å². The SMILES string of the molecule is C=C(C)C(=O)C1CCOC1C. The number of hydrogen-bond acceptors (Lipinski definition) is 2. The number of hydrogen-bond donors (Lipinski definition) is 0. The lowest BCUT2D eigenvalue weighted by Crippen LogP contribution is -2.21. The van der Waals surface area contributed by atoms with Gasteiger partial charge in [-0.1, -0.05) is 6.58 Å². The van der Waals surface area contributed by atoms with E-state index in [0.717, 1.165) is 6.42 Å². The number of ether oxygens (including phenoxy) is 1. The van der Waals surface area contributed by atoms with E-state index in [0.29, 0.717) is 12.2 Å². The predicted octanol–water partition coefficient (Wildman–Crippen LogP) is 1.56. The first kappa shape index (κ1) is 8.47. The maximum atomic E-state index is 11.4. The molecule has 1 saturated heterocycles. The fraction of sp³-hybridized carbons (Fsp3) is 0.667. The highest BCUT2D eigenvalue weighted by Crippen LogP contribution is 2.23. The van der Waals surface area contributed by atoms with Crippen LogP contribution in [0.15, 0.2) is 12.2 Å². The van der Waals surface area contributed by atoms with E-state index in [1.165, 1.54) is 0 Å². The van der Waals surface area contributed by atoms with Gasteiger partial charge in [-0.25, -0.2) is 0 Å². The van der Waals surface area contributed by atoms with Crippen molar-refractivity contribution in [1.82, 2.24) is 0 Å². The molecule has 0 N–H and O–H groups in total. The van der Waals surface area contributed by atoms with E-state index < -0.39 is 0 Å². The smallest absolute Gasteiger partial charge is 0.163 e. The summed E-state index contributed by atoms with van der Waals surface area (Å²) >= 11 is 0. The number of ketones is 1. The molecule has 1 fully saturated rings. The molecular formula is C9H14O2. The molecular weight excluding hydrogens is 140 g/mol. The third kappa shape index (κ3) is 1.69. The number of Topliss-reactive ketones (excluding diaryl/α,β-unsaturated/α-hetero) is 1. The van der Waals surface area contributed by atoms with Crippen molar-refractivity contribution in [2.75, 3.05) is 6.61 Å². The molecule has 2 nitrogen and oxygen atoms in total. The van der Waals surface area contributed by atoms with E-state index in [2.05, 4.69) is 6.58 Å². The molecule has 0 radical (unpaired) electrons. The molecule has 0 saturated carbocycles. The van der Waals surface area contributed by atoms with Gasteiger partial charge in [-0.2, -0.15) is 0 Å². The van der Waals surface area contributed by atoms with Crippen LogP contribution in [0.1, 0.15) is 20.3 Å². The van der Waals surface area contributed by atoms with Gasteiger partial charge in [-0.05, 0) is 25.8 Å². The standard InChI is InChI=1S/C9H14O2/c1-6(2)9(10)8-4-5-11-7(8)3/h7-8H,1,4-5H2,2-3H3. The topological polar surface area (TPSA) is 26.3 Å². The van der Waals surface area contributed by atoms with Crippen molar-refractivity contribution >= 4 is 5.78 Å². The fourth-order valence-corrected chi connectivity index (χ4v) is 1.39. The van der Waals surface area contributed by atoms with Gasteiger partial charge in [0.1, 0.15) is 0 Å². The Hall–Kier alpha value is -0.630. The Balaban J connectivity index is 2.60. The van der Waals surface area contributed by atoms with Crippen LogP contribution in [-0.2, 0) is 9.53 Å². The van der Waals surface area contributed by atoms with Crippen molar-refractivity contribution in [2.24, 2.45) is 5.92 Å². The van der Waals surface area contributed by atoms with E-state index in [-0.39, 0.29) is 17.8 Å². The van der Waals surface area contributed by atoms with E-state index in [4.69, 9.17) is 4.74 Å². The average molecular weight is 154 g/mol. The van der Waals surface area contributed by atoms with Crippen LogP contribution in [0.25, 0.3) is 0 Å². The second-order valence-electron chi connectivity index (χ2n) is 3.12. The van der Waals surface area contributed by atoms with Crippen LogP contribution in [0.3, 0.4) is 0 Å². The Kier molecular flexibility index (Phi) is 2.45. The van der Waals surface area contributed by atoms with Crippen molar-refractivity contribution in [3.05, 3.63) is 12.2 Å². The van der Waals surface area contributed by atoms with Gasteiger partial charge in [0.15, 0.2) is 5.78 Å². The first-order chi connectivity index (χ1) is 5.13. The van der Waals surface area contributed by atoms with Crippen LogP contribution in [0.2, 0.25) is 0 Å². The third-order valence-corrected chi connectivity index (χ3v) is 2.13. The van der Waals surface area contributed by atoms with Crippen LogP contribution < -0.4 is 0 Å². The van der Waals surface area contributed by atoms with Crippen molar-refractivity contribution in [2.45, 2.75) is 26.4 Å². The summed E-state index contributed by atoms with van der Waals surface area (Å²) in [6.45, 7) is 8.04. The normalized spacial score (nSPS) is 30.4. The zero-order valence-electron chi connectivity index (χ0n) is 7.09. The molecule has 0 aromatic rings. The highest BCUT2D eigenvalue weighted by Gasteiger charge is 2.30. The lowest BCUT2D eigenvalue weighted by Gasteiger charge is -2.11. The summed E-state index contributed by atoms with van der Waals surface area (Å²) in [5.41, 5.74) is 0.646. The zero-order chi connectivity index (χ0) is 8.43.